The van der Waals surface area contributed by atoms with Crippen molar-refractivity contribution >= 4 is 15.9 Å². The maximum absolute atomic E-state index is 9.48. The van der Waals surface area contributed by atoms with Gasteiger partial charge < -0.3 is 14.6 Å². The average molecular weight is 261 g/mol. The summed E-state index contributed by atoms with van der Waals surface area (Å²) in [6.07, 6.45) is -0.563. The molecule has 0 radical (unpaired) electrons. The van der Waals surface area contributed by atoms with Crippen molar-refractivity contribution in [3.63, 3.8) is 0 Å². The number of benzene rings is 1. The number of hydrogen-bond acceptors (Lipinski definition) is 3. The lowest BCUT2D eigenvalue weighted by molar-refractivity contribution is 0.194. The Kier molecular flexibility index (Phi) is 3.77. The fraction of sp³-hybridized carbons (Fsp3) is 0.400. The minimum atomic E-state index is -0.563. The molecule has 14 heavy (non-hydrogen) atoms. The molecule has 0 amide bonds. The van der Waals surface area contributed by atoms with E-state index in [9.17, 15) is 5.11 Å². The number of aliphatic hydroxyl groups is 1. The molecule has 0 saturated carbocycles. The van der Waals surface area contributed by atoms with E-state index in [1.165, 1.54) is 0 Å². The molecule has 0 spiro atoms. The summed E-state index contributed by atoms with van der Waals surface area (Å²) < 4.78 is 11.0. The monoisotopic (exact) mass is 260 g/mol. The van der Waals surface area contributed by atoms with E-state index < -0.39 is 6.10 Å². The van der Waals surface area contributed by atoms with Crippen molar-refractivity contribution in [2.75, 3.05) is 14.2 Å². The Morgan fingerprint density at radius 3 is 2.36 bits per heavy atom. The number of methoxy groups -OCH3 is 2. The largest absolute Gasteiger partial charge is 0.495 e. The molecule has 0 aromatic heterocycles. The van der Waals surface area contributed by atoms with Crippen LogP contribution in [0.5, 0.6) is 11.5 Å². The van der Waals surface area contributed by atoms with Crippen LogP contribution >= 0.6 is 15.9 Å². The smallest absolute Gasteiger partial charge is 0.142 e. The van der Waals surface area contributed by atoms with Crippen LogP contribution in [0.1, 0.15) is 18.6 Å². The molecule has 1 atom stereocenters. The Labute approximate surface area is 91.8 Å². The van der Waals surface area contributed by atoms with Crippen molar-refractivity contribution < 1.29 is 14.6 Å². The van der Waals surface area contributed by atoms with Gasteiger partial charge in [0.2, 0.25) is 0 Å². The molecule has 4 heteroatoms. The molecule has 1 aromatic rings. The molecule has 3 nitrogen and oxygen atoms in total. The minimum absolute atomic E-state index is 0.563. The summed E-state index contributed by atoms with van der Waals surface area (Å²) in [5.74, 6) is 1.30. The predicted octanol–water partition coefficient (Wildman–Crippen LogP) is 2.52. The van der Waals surface area contributed by atoms with Crippen molar-refractivity contribution in [3.05, 3.63) is 22.2 Å². The highest BCUT2D eigenvalue weighted by molar-refractivity contribution is 9.10. The molecule has 0 fully saturated rings. The second-order valence-corrected chi connectivity index (χ2v) is 3.67. The van der Waals surface area contributed by atoms with Gasteiger partial charge in [-0.15, -0.1) is 0 Å². The lowest BCUT2D eigenvalue weighted by atomic mass is 10.1. The summed E-state index contributed by atoms with van der Waals surface area (Å²) in [4.78, 5) is 0. The SMILES string of the molecule is COc1ccc(C(C)O)c(OC)c1Br. The Bertz CT molecular complexity index is 323. The highest BCUT2D eigenvalue weighted by Crippen LogP contribution is 2.39. The number of hydrogen-bond donors (Lipinski definition) is 1. The first-order valence-electron chi connectivity index (χ1n) is 4.20. The first kappa shape index (κ1) is 11.3. The van der Waals surface area contributed by atoms with Gasteiger partial charge in [0.05, 0.1) is 20.3 Å². The van der Waals surface area contributed by atoms with Gasteiger partial charge in [0.15, 0.2) is 0 Å². The lowest BCUT2D eigenvalue weighted by Crippen LogP contribution is -1.98. The Morgan fingerprint density at radius 1 is 1.29 bits per heavy atom. The zero-order chi connectivity index (χ0) is 10.7. The standard InChI is InChI=1S/C10H13BrO3/c1-6(12)7-4-5-8(13-2)9(11)10(7)14-3/h4-6,12H,1-3H3. The zero-order valence-electron chi connectivity index (χ0n) is 8.37. The van der Waals surface area contributed by atoms with Crippen molar-refractivity contribution in [2.24, 2.45) is 0 Å². The average Bonchev–Trinajstić information content (AvgIpc) is 2.17. The Morgan fingerprint density at radius 2 is 1.93 bits per heavy atom. The van der Waals surface area contributed by atoms with Gasteiger partial charge in [0.1, 0.15) is 16.0 Å². The molecule has 0 aliphatic heterocycles. The van der Waals surface area contributed by atoms with Crippen molar-refractivity contribution in [1.29, 1.82) is 0 Å². The molecule has 0 saturated heterocycles. The van der Waals surface area contributed by atoms with Crippen LogP contribution in [0.3, 0.4) is 0 Å². The molecule has 1 rings (SSSR count). The van der Waals surface area contributed by atoms with Crippen molar-refractivity contribution in [2.45, 2.75) is 13.0 Å². The van der Waals surface area contributed by atoms with E-state index in [0.717, 1.165) is 10.0 Å². The summed E-state index contributed by atoms with van der Waals surface area (Å²) in [5.41, 5.74) is 0.736. The van der Waals surface area contributed by atoms with Gasteiger partial charge in [-0.3, -0.25) is 0 Å². The van der Waals surface area contributed by atoms with Gasteiger partial charge in [-0.1, -0.05) is 0 Å². The molecule has 0 aliphatic rings. The summed E-state index contributed by atoms with van der Waals surface area (Å²) in [7, 11) is 3.15. The van der Waals surface area contributed by atoms with Gasteiger partial charge in [0, 0.05) is 5.56 Å². The van der Waals surface area contributed by atoms with Crippen LogP contribution in [0, 0.1) is 0 Å². The summed E-state index contributed by atoms with van der Waals surface area (Å²) in [6.45, 7) is 1.69. The van der Waals surface area contributed by atoms with Crippen LogP contribution in [0.25, 0.3) is 0 Å². The van der Waals surface area contributed by atoms with Gasteiger partial charge in [0.25, 0.3) is 0 Å². The van der Waals surface area contributed by atoms with E-state index in [0.29, 0.717) is 11.5 Å². The third-order valence-corrected chi connectivity index (χ3v) is 2.72. The maximum atomic E-state index is 9.48. The molecular formula is C10H13BrO3. The third kappa shape index (κ3) is 2.01. The van der Waals surface area contributed by atoms with E-state index in [-0.39, 0.29) is 0 Å². The maximum Gasteiger partial charge on any atom is 0.142 e. The van der Waals surface area contributed by atoms with E-state index in [1.54, 1.807) is 33.3 Å². The van der Waals surface area contributed by atoms with Crippen molar-refractivity contribution in [1.82, 2.24) is 0 Å². The fourth-order valence-electron chi connectivity index (χ4n) is 1.25. The van der Waals surface area contributed by atoms with Gasteiger partial charge in [-0.2, -0.15) is 0 Å². The zero-order valence-corrected chi connectivity index (χ0v) is 9.96. The predicted molar refractivity (Wildman–Crippen MR) is 57.9 cm³/mol. The van der Waals surface area contributed by atoms with Gasteiger partial charge >= 0.3 is 0 Å². The minimum Gasteiger partial charge on any atom is -0.495 e. The summed E-state index contributed by atoms with van der Waals surface area (Å²) in [6, 6.07) is 3.57. The molecule has 0 bridgehead atoms. The Balaban J connectivity index is 3.28. The van der Waals surface area contributed by atoms with E-state index in [4.69, 9.17) is 9.47 Å². The summed E-state index contributed by atoms with van der Waals surface area (Å²) >= 11 is 3.36. The first-order valence-corrected chi connectivity index (χ1v) is 4.99. The molecular weight excluding hydrogens is 248 g/mol. The van der Waals surface area contributed by atoms with Gasteiger partial charge in [-0.05, 0) is 35.0 Å². The quantitative estimate of drug-likeness (QED) is 0.908. The van der Waals surface area contributed by atoms with Crippen LogP contribution in [-0.4, -0.2) is 19.3 Å². The number of halogens is 1. The highest BCUT2D eigenvalue weighted by Gasteiger charge is 2.15. The van der Waals surface area contributed by atoms with Crippen LogP contribution in [0.2, 0.25) is 0 Å². The molecule has 1 unspecified atom stereocenters. The van der Waals surface area contributed by atoms with Crippen molar-refractivity contribution in [3.8, 4) is 11.5 Å². The van der Waals surface area contributed by atoms with Crippen LogP contribution < -0.4 is 9.47 Å². The van der Waals surface area contributed by atoms with Gasteiger partial charge in [-0.25, -0.2) is 0 Å². The van der Waals surface area contributed by atoms with Crippen LogP contribution in [-0.2, 0) is 0 Å². The lowest BCUT2D eigenvalue weighted by Gasteiger charge is -2.14. The van der Waals surface area contributed by atoms with Crippen LogP contribution in [0.15, 0.2) is 16.6 Å². The normalized spacial score (nSPS) is 12.4. The molecule has 1 aromatic carbocycles. The molecule has 0 aliphatic carbocycles. The first-order chi connectivity index (χ1) is 6.61. The highest BCUT2D eigenvalue weighted by atomic mass is 79.9. The second-order valence-electron chi connectivity index (χ2n) is 2.88. The van der Waals surface area contributed by atoms with E-state index >= 15 is 0 Å². The number of rotatable bonds is 3. The van der Waals surface area contributed by atoms with Crippen LogP contribution in [0.4, 0.5) is 0 Å². The molecule has 1 N–H and O–H groups in total. The van der Waals surface area contributed by atoms with E-state index in [1.807, 2.05) is 0 Å². The Hall–Kier alpha value is -0.740. The fourth-order valence-corrected chi connectivity index (χ4v) is 1.93. The second kappa shape index (κ2) is 4.66. The van der Waals surface area contributed by atoms with E-state index in [2.05, 4.69) is 15.9 Å². The summed E-state index contributed by atoms with van der Waals surface area (Å²) in [5, 5.41) is 9.48. The molecule has 78 valence electrons. The number of ether oxygens (including phenoxy) is 2. The third-order valence-electron chi connectivity index (χ3n) is 1.97. The topological polar surface area (TPSA) is 38.7 Å². The number of aliphatic hydroxyl groups excluding tert-OH is 1. The molecule has 0 heterocycles.